The third kappa shape index (κ3) is 2.76. The van der Waals surface area contributed by atoms with Crippen LogP contribution in [0, 0.1) is 5.92 Å². The molecule has 1 aromatic rings. The third-order valence-electron chi connectivity index (χ3n) is 3.32. The van der Waals surface area contributed by atoms with E-state index in [1.807, 2.05) is 0 Å². The minimum atomic E-state index is -1.18. The maximum atomic E-state index is 12.6. The van der Waals surface area contributed by atoms with Crippen LogP contribution >= 0.6 is 58.0 Å². The second-order valence-electron chi connectivity index (χ2n) is 4.66. The van der Waals surface area contributed by atoms with Crippen molar-refractivity contribution >= 4 is 75.5 Å². The summed E-state index contributed by atoms with van der Waals surface area (Å²) in [5.74, 6) is -2.45. The number of carbonyl (C=O) groups excluding carboxylic acids is 2. The summed E-state index contributed by atoms with van der Waals surface area (Å²) in [4.78, 5) is 24.7. The van der Waals surface area contributed by atoms with Gasteiger partial charge in [0.25, 0.3) is 11.8 Å². The third-order valence-corrected chi connectivity index (χ3v) is 5.58. The summed E-state index contributed by atoms with van der Waals surface area (Å²) in [7, 11) is 0. The Balaban J connectivity index is 2.03. The summed E-state index contributed by atoms with van der Waals surface area (Å²) in [6.45, 7) is 0.587. The van der Waals surface area contributed by atoms with E-state index in [2.05, 4.69) is 5.43 Å². The first-order chi connectivity index (χ1) is 10.8. The molecule has 1 unspecified atom stereocenters. The van der Waals surface area contributed by atoms with Crippen LogP contribution in [-0.4, -0.2) is 31.3 Å². The average Bonchev–Trinajstić information content (AvgIpc) is 3.12. The van der Waals surface area contributed by atoms with Gasteiger partial charge in [0.2, 0.25) is 0 Å². The van der Waals surface area contributed by atoms with Crippen LogP contribution in [0.4, 0.5) is 5.69 Å². The molecule has 2 amide bonds. The molecule has 2 aliphatic heterocycles. The fourth-order valence-corrected chi connectivity index (χ4v) is 3.55. The molecule has 2 heterocycles. The molecule has 124 valence electrons. The van der Waals surface area contributed by atoms with Crippen molar-refractivity contribution in [3.63, 3.8) is 0 Å². The molecule has 1 aromatic carbocycles. The Bertz CT molecular complexity index is 678. The fourth-order valence-electron chi connectivity index (χ4n) is 2.25. The Morgan fingerprint density at radius 2 is 1.35 bits per heavy atom. The zero-order valence-corrected chi connectivity index (χ0v) is 14.8. The molecular weight excluding hydrogens is 413 g/mol. The Hall–Kier alpha value is -0.470. The number of hydrogen-bond donors (Lipinski definition) is 1. The molecule has 1 N–H and O–H groups in total. The number of nitrogens with zero attached hydrogens (tertiary/aromatic N) is 1. The maximum Gasteiger partial charge on any atom is 0.263 e. The average molecular weight is 420 g/mol. The van der Waals surface area contributed by atoms with Gasteiger partial charge in [-0.3, -0.25) is 15.0 Å². The summed E-state index contributed by atoms with van der Waals surface area (Å²) >= 11 is 30.1. The molecule has 2 fully saturated rings. The topological polar surface area (TPSA) is 67.9 Å². The Morgan fingerprint density at radius 1 is 0.870 bits per heavy atom. The van der Waals surface area contributed by atoms with Gasteiger partial charge in [0.15, 0.2) is 12.2 Å². The standard InChI is InChI=1S/C12H7Cl5N2O4/c13-4-5(14)7(16)9(8(17)6(4)15)19-11(21)3(10(20)18-19)12-22-1-2-23-12/h3,12H,1-2H2,(H,18,20). The van der Waals surface area contributed by atoms with Crippen molar-refractivity contribution in [3.05, 3.63) is 25.1 Å². The van der Waals surface area contributed by atoms with Crippen LogP contribution < -0.4 is 10.4 Å². The number of carbonyl (C=O) groups is 2. The predicted molar refractivity (Wildman–Crippen MR) is 86.3 cm³/mol. The van der Waals surface area contributed by atoms with E-state index >= 15 is 0 Å². The zero-order chi connectivity index (χ0) is 16.9. The van der Waals surface area contributed by atoms with E-state index in [-0.39, 0.29) is 30.8 Å². The van der Waals surface area contributed by atoms with Gasteiger partial charge in [0.05, 0.1) is 38.3 Å². The molecule has 0 aromatic heterocycles. The SMILES string of the molecule is O=C1NN(c2c(Cl)c(Cl)c(Cl)c(Cl)c2Cl)C(=O)C1C1OCCO1. The monoisotopic (exact) mass is 418 g/mol. The van der Waals surface area contributed by atoms with Crippen molar-refractivity contribution in [1.29, 1.82) is 0 Å². The Morgan fingerprint density at radius 3 is 1.87 bits per heavy atom. The first kappa shape index (κ1) is 17.4. The number of halogens is 5. The lowest BCUT2D eigenvalue weighted by Gasteiger charge is -2.21. The molecule has 0 bridgehead atoms. The van der Waals surface area contributed by atoms with E-state index in [0.717, 1.165) is 5.01 Å². The van der Waals surface area contributed by atoms with Crippen LogP contribution in [0.15, 0.2) is 0 Å². The second-order valence-corrected chi connectivity index (χ2v) is 6.55. The largest absolute Gasteiger partial charge is 0.349 e. The lowest BCUT2D eigenvalue weighted by Crippen LogP contribution is -2.37. The number of hydrazine groups is 1. The Labute approximate surface area is 155 Å². The molecular formula is C12H7Cl5N2O4. The number of benzene rings is 1. The number of ether oxygens (including phenoxy) is 2. The van der Waals surface area contributed by atoms with Gasteiger partial charge in [-0.2, -0.15) is 0 Å². The highest BCUT2D eigenvalue weighted by Crippen LogP contribution is 2.48. The predicted octanol–water partition coefficient (Wildman–Crippen LogP) is 3.32. The van der Waals surface area contributed by atoms with Crippen molar-refractivity contribution in [1.82, 2.24) is 5.43 Å². The number of hydrogen-bond acceptors (Lipinski definition) is 4. The van der Waals surface area contributed by atoms with E-state index in [0.29, 0.717) is 13.2 Å². The quantitative estimate of drug-likeness (QED) is 0.453. The minimum Gasteiger partial charge on any atom is -0.349 e. The molecule has 11 heteroatoms. The number of anilines is 1. The number of amides is 2. The smallest absolute Gasteiger partial charge is 0.263 e. The lowest BCUT2D eigenvalue weighted by atomic mass is 10.1. The molecule has 3 rings (SSSR count). The van der Waals surface area contributed by atoms with E-state index in [9.17, 15) is 9.59 Å². The summed E-state index contributed by atoms with van der Waals surface area (Å²) in [5, 5.41) is 0.413. The minimum absolute atomic E-state index is 0.0518. The van der Waals surface area contributed by atoms with Crippen LogP contribution in [0.3, 0.4) is 0 Å². The molecule has 23 heavy (non-hydrogen) atoms. The second kappa shape index (κ2) is 6.44. The van der Waals surface area contributed by atoms with Crippen molar-refractivity contribution in [2.45, 2.75) is 6.29 Å². The first-order valence-electron chi connectivity index (χ1n) is 6.23. The summed E-state index contributed by atoms with van der Waals surface area (Å²) in [6.07, 6.45) is -0.969. The van der Waals surface area contributed by atoms with Crippen molar-refractivity contribution in [2.24, 2.45) is 5.92 Å². The molecule has 0 saturated carbocycles. The van der Waals surface area contributed by atoms with Crippen LogP contribution in [0.25, 0.3) is 0 Å². The van der Waals surface area contributed by atoms with Gasteiger partial charge in [-0.25, -0.2) is 5.01 Å². The molecule has 1 atom stereocenters. The summed E-state index contributed by atoms with van der Waals surface area (Å²) in [5.41, 5.74) is 2.29. The van der Waals surface area contributed by atoms with Gasteiger partial charge < -0.3 is 9.47 Å². The molecule has 6 nitrogen and oxygen atoms in total. The van der Waals surface area contributed by atoms with Gasteiger partial charge in [0, 0.05) is 0 Å². The van der Waals surface area contributed by atoms with Gasteiger partial charge in [0.1, 0.15) is 5.69 Å². The van der Waals surface area contributed by atoms with Crippen molar-refractivity contribution in [3.8, 4) is 0 Å². The van der Waals surface area contributed by atoms with Crippen LogP contribution in [0.2, 0.25) is 25.1 Å². The van der Waals surface area contributed by atoms with E-state index < -0.39 is 24.0 Å². The summed E-state index contributed by atoms with van der Waals surface area (Å²) in [6, 6.07) is 0. The van der Waals surface area contributed by atoms with Gasteiger partial charge in [-0.1, -0.05) is 58.0 Å². The van der Waals surface area contributed by atoms with Crippen LogP contribution in [0.5, 0.6) is 0 Å². The molecule has 0 radical (unpaired) electrons. The molecule has 0 spiro atoms. The normalized spacial score (nSPS) is 22.1. The van der Waals surface area contributed by atoms with Gasteiger partial charge in [-0.15, -0.1) is 0 Å². The first-order valence-corrected chi connectivity index (χ1v) is 8.12. The van der Waals surface area contributed by atoms with Gasteiger partial charge in [-0.05, 0) is 0 Å². The van der Waals surface area contributed by atoms with E-state index in [1.54, 1.807) is 0 Å². The zero-order valence-electron chi connectivity index (χ0n) is 11.0. The van der Waals surface area contributed by atoms with Crippen molar-refractivity contribution in [2.75, 3.05) is 18.2 Å². The molecule has 2 aliphatic rings. The molecule has 0 aliphatic carbocycles. The maximum absolute atomic E-state index is 12.6. The highest BCUT2D eigenvalue weighted by molar-refractivity contribution is 6.57. The van der Waals surface area contributed by atoms with Crippen LogP contribution in [-0.2, 0) is 19.1 Å². The molecule has 2 saturated heterocycles. The van der Waals surface area contributed by atoms with E-state index in [4.69, 9.17) is 67.5 Å². The van der Waals surface area contributed by atoms with E-state index in [1.165, 1.54) is 0 Å². The number of rotatable bonds is 2. The highest BCUT2D eigenvalue weighted by Gasteiger charge is 2.49. The van der Waals surface area contributed by atoms with Crippen molar-refractivity contribution < 1.29 is 19.1 Å². The Kier molecular flexibility index (Phi) is 4.86. The summed E-state index contributed by atoms with van der Waals surface area (Å²) < 4.78 is 10.4. The fraction of sp³-hybridized carbons (Fsp3) is 0.333. The van der Waals surface area contributed by atoms with Gasteiger partial charge >= 0.3 is 0 Å². The number of nitrogens with one attached hydrogen (secondary N) is 1. The highest BCUT2D eigenvalue weighted by atomic mass is 35.5. The van der Waals surface area contributed by atoms with Crippen LogP contribution in [0.1, 0.15) is 0 Å². The lowest BCUT2D eigenvalue weighted by molar-refractivity contribution is -0.145.